The van der Waals surface area contributed by atoms with Gasteiger partial charge < -0.3 is 15.2 Å². The number of alkyl halides is 3. The Morgan fingerprint density at radius 2 is 1.74 bits per heavy atom. The lowest BCUT2D eigenvalue weighted by Gasteiger charge is -2.23. The maximum atomic E-state index is 12.8. The first-order chi connectivity index (χ1) is 15.8. The van der Waals surface area contributed by atoms with Gasteiger partial charge in [0, 0.05) is 12.1 Å². The summed E-state index contributed by atoms with van der Waals surface area (Å²) in [6.45, 7) is 6.58. The molecule has 3 aromatic rings. The van der Waals surface area contributed by atoms with Crippen molar-refractivity contribution in [1.29, 1.82) is 0 Å². The molecule has 6 nitrogen and oxygen atoms in total. The topological polar surface area (TPSA) is 88.5 Å². The fourth-order valence-electron chi connectivity index (χ4n) is 3.05. The maximum absolute atomic E-state index is 12.8. The third kappa shape index (κ3) is 5.74. The number of benzene rings is 2. The van der Waals surface area contributed by atoms with Crippen LogP contribution in [0.3, 0.4) is 0 Å². The number of aromatic nitrogens is 1. The van der Waals surface area contributed by atoms with Crippen molar-refractivity contribution in [1.82, 2.24) is 10.3 Å². The van der Waals surface area contributed by atoms with Gasteiger partial charge >= 0.3 is 12.1 Å². The van der Waals surface area contributed by atoms with Gasteiger partial charge in [-0.1, -0.05) is 24.3 Å². The molecule has 1 aromatic heterocycles. The van der Waals surface area contributed by atoms with Crippen molar-refractivity contribution in [2.45, 2.75) is 46.0 Å². The number of carboxylic acid groups (broad SMARTS) is 1. The predicted octanol–water partition coefficient (Wildman–Crippen LogP) is 5.62. The van der Waals surface area contributed by atoms with Crippen molar-refractivity contribution in [3.05, 3.63) is 69.7 Å². The number of thiazole rings is 1. The molecule has 0 spiro atoms. The van der Waals surface area contributed by atoms with E-state index in [1.54, 1.807) is 32.0 Å². The molecule has 1 heterocycles. The van der Waals surface area contributed by atoms with Crippen LogP contribution in [0.4, 0.5) is 13.2 Å². The van der Waals surface area contributed by atoms with E-state index in [1.165, 1.54) is 26.0 Å². The van der Waals surface area contributed by atoms with Gasteiger partial charge in [-0.05, 0) is 57.0 Å². The SMILES string of the molecule is Cc1cc(CNC(=O)c2sc(-c3ccc(C(F)(F)F)cc3)nc2C)ccc1OC(C)(C)C(=O)O. The minimum Gasteiger partial charge on any atom is -0.478 e. The molecule has 0 aliphatic rings. The summed E-state index contributed by atoms with van der Waals surface area (Å²) in [7, 11) is 0. The molecule has 0 aliphatic heterocycles. The van der Waals surface area contributed by atoms with E-state index in [9.17, 15) is 27.9 Å². The van der Waals surface area contributed by atoms with Gasteiger partial charge in [-0.25, -0.2) is 9.78 Å². The number of halogens is 3. The highest BCUT2D eigenvalue weighted by atomic mass is 32.1. The first-order valence-electron chi connectivity index (χ1n) is 10.2. The maximum Gasteiger partial charge on any atom is 0.416 e. The molecule has 34 heavy (non-hydrogen) atoms. The second kappa shape index (κ2) is 9.46. The number of amides is 1. The Hall–Kier alpha value is -3.40. The number of ether oxygens (including phenoxy) is 1. The van der Waals surface area contributed by atoms with Gasteiger partial charge in [0.15, 0.2) is 5.60 Å². The molecule has 0 aliphatic carbocycles. The van der Waals surface area contributed by atoms with Crippen LogP contribution >= 0.6 is 11.3 Å². The highest BCUT2D eigenvalue weighted by Crippen LogP contribution is 2.33. The van der Waals surface area contributed by atoms with Crippen LogP contribution in [0, 0.1) is 13.8 Å². The van der Waals surface area contributed by atoms with Crippen LogP contribution in [0.15, 0.2) is 42.5 Å². The summed E-state index contributed by atoms with van der Waals surface area (Å²) in [5, 5.41) is 12.5. The Labute approximate surface area is 198 Å². The van der Waals surface area contributed by atoms with Gasteiger partial charge in [0.2, 0.25) is 0 Å². The molecule has 180 valence electrons. The van der Waals surface area contributed by atoms with E-state index in [4.69, 9.17) is 4.74 Å². The van der Waals surface area contributed by atoms with Crippen molar-refractivity contribution in [2.75, 3.05) is 0 Å². The average molecular weight is 493 g/mol. The van der Waals surface area contributed by atoms with E-state index in [0.29, 0.717) is 26.9 Å². The fourth-order valence-corrected chi connectivity index (χ4v) is 4.04. The first-order valence-corrected chi connectivity index (χ1v) is 11.0. The summed E-state index contributed by atoms with van der Waals surface area (Å²) < 4.78 is 43.9. The smallest absolute Gasteiger partial charge is 0.416 e. The van der Waals surface area contributed by atoms with Crippen LogP contribution in [0.25, 0.3) is 10.6 Å². The van der Waals surface area contributed by atoms with Gasteiger partial charge in [-0.15, -0.1) is 11.3 Å². The van der Waals surface area contributed by atoms with Crippen molar-refractivity contribution in [2.24, 2.45) is 0 Å². The zero-order valence-corrected chi connectivity index (χ0v) is 19.7. The van der Waals surface area contributed by atoms with E-state index >= 15 is 0 Å². The number of carboxylic acids is 1. The van der Waals surface area contributed by atoms with Gasteiger partial charge in [-0.2, -0.15) is 13.2 Å². The number of carbonyl (C=O) groups excluding carboxylic acids is 1. The summed E-state index contributed by atoms with van der Waals surface area (Å²) >= 11 is 1.10. The summed E-state index contributed by atoms with van der Waals surface area (Å²) in [5.41, 5.74) is 0.357. The lowest BCUT2D eigenvalue weighted by Crippen LogP contribution is -2.38. The molecule has 0 saturated carbocycles. The molecule has 0 unspecified atom stereocenters. The number of aliphatic carboxylic acids is 1. The average Bonchev–Trinajstić information content (AvgIpc) is 3.15. The molecular formula is C24H23F3N2O4S. The highest BCUT2D eigenvalue weighted by molar-refractivity contribution is 7.17. The normalized spacial score (nSPS) is 11.9. The van der Waals surface area contributed by atoms with Crippen LogP contribution in [0.1, 0.15) is 45.9 Å². The Balaban J connectivity index is 1.68. The summed E-state index contributed by atoms with van der Waals surface area (Å²) in [4.78, 5) is 28.7. The molecule has 2 aromatic carbocycles. The van der Waals surface area contributed by atoms with Crippen molar-refractivity contribution in [3.8, 4) is 16.3 Å². The van der Waals surface area contributed by atoms with Gasteiger partial charge in [0.1, 0.15) is 15.6 Å². The molecule has 0 atom stereocenters. The Bertz CT molecular complexity index is 1220. The van der Waals surface area contributed by atoms with E-state index in [-0.39, 0.29) is 12.5 Å². The van der Waals surface area contributed by atoms with Crippen molar-refractivity contribution >= 4 is 23.2 Å². The number of carbonyl (C=O) groups is 2. The predicted molar refractivity (Wildman–Crippen MR) is 122 cm³/mol. The van der Waals surface area contributed by atoms with Crippen LogP contribution in [-0.4, -0.2) is 27.6 Å². The van der Waals surface area contributed by atoms with Gasteiger partial charge in [0.05, 0.1) is 11.3 Å². The Morgan fingerprint density at radius 1 is 1.09 bits per heavy atom. The Morgan fingerprint density at radius 3 is 2.29 bits per heavy atom. The van der Waals surface area contributed by atoms with Crippen LogP contribution in [0.5, 0.6) is 5.75 Å². The third-order valence-electron chi connectivity index (χ3n) is 5.03. The van der Waals surface area contributed by atoms with E-state index in [2.05, 4.69) is 10.3 Å². The van der Waals surface area contributed by atoms with Gasteiger partial charge in [-0.3, -0.25) is 4.79 Å². The minimum atomic E-state index is -4.42. The quantitative estimate of drug-likeness (QED) is 0.447. The highest BCUT2D eigenvalue weighted by Gasteiger charge is 2.31. The monoisotopic (exact) mass is 492 g/mol. The summed E-state index contributed by atoms with van der Waals surface area (Å²) in [6, 6.07) is 9.82. The molecule has 0 fully saturated rings. The summed E-state index contributed by atoms with van der Waals surface area (Å²) in [5.74, 6) is -1.00. The van der Waals surface area contributed by atoms with Crippen LogP contribution in [-0.2, 0) is 17.5 Å². The molecule has 0 radical (unpaired) electrons. The Kier molecular flexibility index (Phi) is 7.02. The molecular weight excluding hydrogens is 469 g/mol. The van der Waals surface area contributed by atoms with E-state index in [0.717, 1.165) is 34.6 Å². The number of nitrogens with zero attached hydrogens (tertiary/aromatic N) is 1. The molecule has 1 amide bonds. The second-order valence-corrected chi connectivity index (χ2v) is 9.21. The minimum absolute atomic E-state index is 0.217. The lowest BCUT2D eigenvalue weighted by molar-refractivity contribution is -0.152. The van der Waals surface area contributed by atoms with E-state index < -0.39 is 23.3 Å². The van der Waals surface area contributed by atoms with Crippen LogP contribution in [0.2, 0.25) is 0 Å². The largest absolute Gasteiger partial charge is 0.478 e. The lowest BCUT2D eigenvalue weighted by atomic mass is 10.1. The van der Waals surface area contributed by atoms with Crippen LogP contribution < -0.4 is 10.1 Å². The van der Waals surface area contributed by atoms with E-state index in [1.807, 2.05) is 0 Å². The number of hydrogen-bond donors (Lipinski definition) is 2. The molecule has 2 N–H and O–H groups in total. The zero-order valence-electron chi connectivity index (χ0n) is 18.9. The molecule has 0 bridgehead atoms. The molecule has 3 rings (SSSR count). The molecule has 0 saturated heterocycles. The zero-order chi connectivity index (χ0) is 25.3. The third-order valence-corrected chi connectivity index (χ3v) is 6.24. The number of hydrogen-bond acceptors (Lipinski definition) is 5. The first kappa shape index (κ1) is 25.2. The summed E-state index contributed by atoms with van der Waals surface area (Å²) in [6.07, 6.45) is -4.42. The van der Waals surface area contributed by atoms with Crippen molar-refractivity contribution < 1.29 is 32.6 Å². The standard InChI is InChI=1S/C24H23F3N2O4S/c1-13-11-15(5-10-18(13)33-23(3,4)22(31)32)12-28-20(30)19-14(2)29-21(34-19)16-6-8-17(9-7-16)24(25,26)27/h5-11H,12H2,1-4H3,(H,28,30)(H,31,32). The second-order valence-electron chi connectivity index (χ2n) is 8.21. The fraction of sp³-hybridized carbons (Fsp3) is 0.292. The number of aryl methyl sites for hydroxylation is 2. The molecule has 10 heteroatoms. The van der Waals surface area contributed by atoms with Crippen molar-refractivity contribution in [3.63, 3.8) is 0 Å². The van der Waals surface area contributed by atoms with Gasteiger partial charge in [0.25, 0.3) is 5.91 Å². The number of rotatable bonds is 7. The number of nitrogens with one attached hydrogen (secondary N) is 1.